The molecule has 0 fully saturated rings. The summed E-state index contributed by atoms with van der Waals surface area (Å²) < 4.78 is 10.3. The van der Waals surface area contributed by atoms with Crippen molar-refractivity contribution < 1.29 is 14.3 Å². The summed E-state index contributed by atoms with van der Waals surface area (Å²) in [5, 5.41) is 3.75. The van der Waals surface area contributed by atoms with Crippen LogP contribution < -0.4 is 14.8 Å². The van der Waals surface area contributed by atoms with Gasteiger partial charge in [0.2, 0.25) is 0 Å². The van der Waals surface area contributed by atoms with Crippen LogP contribution in [0.1, 0.15) is 15.9 Å². The van der Waals surface area contributed by atoms with Crippen molar-refractivity contribution in [2.75, 3.05) is 14.2 Å². The van der Waals surface area contributed by atoms with Crippen LogP contribution in [0, 0.1) is 0 Å². The number of nitrogens with one attached hydrogen (secondary N) is 1. The highest BCUT2D eigenvalue weighted by molar-refractivity contribution is 6.42. The first kappa shape index (κ1) is 16.5. The van der Waals surface area contributed by atoms with Crippen LogP contribution in [0.5, 0.6) is 11.5 Å². The van der Waals surface area contributed by atoms with Crippen molar-refractivity contribution in [1.29, 1.82) is 0 Å². The zero-order chi connectivity index (χ0) is 16.1. The highest BCUT2D eigenvalue weighted by Gasteiger charge is 2.10. The Hall–Kier alpha value is -1.91. The minimum atomic E-state index is -0.233. The summed E-state index contributed by atoms with van der Waals surface area (Å²) in [5.41, 5.74) is 1.31. The third-order valence-electron chi connectivity index (χ3n) is 3.05. The number of amides is 1. The Morgan fingerprint density at radius 2 is 1.64 bits per heavy atom. The van der Waals surface area contributed by atoms with Crippen molar-refractivity contribution in [1.82, 2.24) is 5.32 Å². The molecule has 0 radical (unpaired) electrons. The Balaban J connectivity index is 2.10. The van der Waals surface area contributed by atoms with E-state index in [4.69, 9.17) is 32.7 Å². The third-order valence-corrected chi connectivity index (χ3v) is 3.79. The summed E-state index contributed by atoms with van der Waals surface area (Å²) in [6, 6.07) is 10.2. The standard InChI is InChI=1S/C16H15Cl2NO3/c1-21-12-6-11(7-13(8-12)22-2)16(20)19-9-10-3-4-14(17)15(18)5-10/h3-8H,9H2,1-2H3,(H,19,20). The van der Waals surface area contributed by atoms with E-state index in [0.717, 1.165) is 5.56 Å². The largest absolute Gasteiger partial charge is 0.497 e. The molecule has 0 aromatic heterocycles. The van der Waals surface area contributed by atoms with Crippen molar-refractivity contribution in [2.24, 2.45) is 0 Å². The number of methoxy groups -OCH3 is 2. The summed E-state index contributed by atoms with van der Waals surface area (Å²) in [5.74, 6) is 0.876. The fourth-order valence-corrected chi connectivity index (χ4v) is 2.19. The maximum atomic E-state index is 12.2. The highest BCUT2D eigenvalue weighted by atomic mass is 35.5. The van der Waals surface area contributed by atoms with Crippen LogP contribution in [-0.2, 0) is 6.54 Å². The normalized spacial score (nSPS) is 10.2. The van der Waals surface area contributed by atoms with Gasteiger partial charge in [-0.05, 0) is 29.8 Å². The van der Waals surface area contributed by atoms with Gasteiger partial charge in [0.15, 0.2) is 0 Å². The number of benzene rings is 2. The van der Waals surface area contributed by atoms with Gasteiger partial charge in [-0.25, -0.2) is 0 Å². The fraction of sp³-hybridized carbons (Fsp3) is 0.188. The molecule has 0 saturated heterocycles. The first-order chi connectivity index (χ1) is 10.5. The van der Waals surface area contributed by atoms with E-state index in [-0.39, 0.29) is 5.91 Å². The second kappa shape index (κ2) is 7.38. The topological polar surface area (TPSA) is 47.6 Å². The molecule has 0 aliphatic rings. The molecule has 2 aromatic carbocycles. The molecule has 0 bridgehead atoms. The predicted octanol–water partition coefficient (Wildman–Crippen LogP) is 3.94. The average molecular weight is 340 g/mol. The molecule has 0 unspecified atom stereocenters. The smallest absolute Gasteiger partial charge is 0.251 e. The molecule has 4 nitrogen and oxygen atoms in total. The van der Waals surface area contributed by atoms with Gasteiger partial charge in [0.1, 0.15) is 11.5 Å². The van der Waals surface area contributed by atoms with Gasteiger partial charge in [0.25, 0.3) is 5.91 Å². The van der Waals surface area contributed by atoms with Crippen molar-refractivity contribution in [3.8, 4) is 11.5 Å². The molecule has 1 amide bonds. The number of hydrogen-bond donors (Lipinski definition) is 1. The minimum Gasteiger partial charge on any atom is -0.497 e. The van der Waals surface area contributed by atoms with Crippen molar-refractivity contribution in [3.63, 3.8) is 0 Å². The van der Waals surface area contributed by atoms with Crippen LogP contribution >= 0.6 is 23.2 Å². The molecule has 2 aromatic rings. The van der Waals surface area contributed by atoms with Crippen LogP contribution in [0.2, 0.25) is 10.0 Å². The maximum Gasteiger partial charge on any atom is 0.251 e. The van der Waals surface area contributed by atoms with E-state index < -0.39 is 0 Å². The van der Waals surface area contributed by atoms with E-state index >= 15 is 0 Å². The zero-order valence-electron chi connectivity index (χ0n) is 12.2. The third kappa shape index (κ3) is 4.06. The van der Waals surface area contributed by atoms with Gasteiger partial charge in [-0.15, -0.1) is 0 Å². The summed E-state index contributed by atoms with van der Waals surface area (Å²) in [6.07, 6.45) is 0. The van der Waals surface area contributed by atoms with Crippen LogP contribution in [0.3, 0.4) is 0 Å². The zero-order valence-corrected chi connectivity index (χ0v) is 13.7. The van der Waals surface area contributed by atoms with Gasteiger partial charge in [0, 0.05) is 18.2 Å². The number of rotatable bonds is 5. The number of hydrogen-bond acceptors (Lipinski definition) is 3. The molecule has 1 N–H and O–H groups in total. The van der Waals surface area contributed by atoms with Gasteiger partial charge < -0.3 is 14.8 Å². The van der Waals surface area contributed by atoms with Crippen LogP contribution in [0.4, 0.5) is 0 Å². The molecule has 0 aliphatic heterocycles. The molecular weight excluding hydrogens is 325 g/mol. The Morgan fingerprint density at radius 1 is 1.00 bits per heavy atom. The number of carbonyl (C=O) groups is 1. The number of halogens is 2. The van der Waals surface area contributed by atoms with Gasteiger partial charge in [-0.3, -0.25) is 4.79 Å². The lowest BCUT2D eigenvalue weighted by Gasteiger charge is -2.09. The molecule has 2 rings (SSSR count). The second-order valence-corrected chi connectivity index (χ2v) is 5.35. The van der Waals surface area contributed by atoms with E-state index in [2.05, 4.69) is 5.32 Å². The average Bonchev–Trinajstić information content (AvgIpc) is 2.55. The van der Waals surface area contributed by atoms with E-state index in [1.165, 1.54) is 14.2 Å². The lowest BCUT2D eigenvalue weighted by Crippen LogP contribution is -2.22. The molecule has 6 heteroatoms. The van der Waals surface area contributed by atoms with Gasteiger partial charge >= 0.3 is 0 Å². The van der Waals surface area contributed by atoms with E-state index in [0.29, 0.717) is 33.7 Å². The molecule has 0 aliphatic carbocycles. The second-order valence-electron chi connectivity index (χ2n) is 4.53. The SMILES string of the molecule is COc1cc(OC)cc(C(=O)NCc2ccc(Cl)c(Cl)c2)c1. The lowest BCUT2D eigenvalue weighted by atomic mass is 10.1. The Bertz CT molecular complexity index is 667. The summed E-state index contributed by atoms with van der Waals surface area (Å²) in [7, 11) is 3.07. The fourth-order valence-electron chi connectivity index (χ4n) is 1.87. The number of carbonyl (C=O) groups excluding carboxylic acids is 1. The Kier molecular flexibility index (Phi) is 5.52. The molecule has 0 spiro atoms. The summed E-state index contributed by atoms with van der Waals surface area (Å²) in [4.78, 5) is 12.2. The van der Waals surface area contributed by atoms with E-state index in [1.807, 2.05) is 0 Å². The van der Waals surface area contributed by atoms with Gasteiger partial charge in [-0.2, -0.15) is 0 Å². The van der Waals surface area contributed by atoms with Crippen LogP contribution in [0.15, 0.2) is 36.4 Å². The van der Waals surface area contributed by atoms with Crippen LogP contribution in [-0.4, -0.2) is 20.1 Å². The molecular formula is C16H15Cl2NO3. The predicted molar refractivity (Wildman–Crippen MR) is 87.2 cm³/mol. The minimum absolute atomic E-state index is 0.233. The van der Waals surface area contributed by atoms with Gasteiger partial charge in [0.05, 0.1) is 24.3 Å². The van der Waals surface area contributed by atoms with Crippen molar-refractivity contribution >= 4 is 29.1 Å². The maximum absolute atomic E-state index is 12.2. The Labute approximate surface area is 138 Å². The molecule has 0 saturated carbocycles. The highest BCUT2D eigenvalue weighted by Crippen LogP contribution is 2.24. The van der Waals surface area contributed by atoms with E-state index in [1.54, 1.807) is 36.4 Å². The summed E-state index contributed by atoms with van der Waals surface area (Å²) in [6.45, 7) is 0.343. The lowest BCUT2D eigenvalue weighted by molar-refractivity contribution is 0.0950. The van der Waals surface area contributed by atoms with Crippen molar-refractivity contribution in [2.45, 2.75) is 6.54 Å². The number of ether oxygens (including phenoxy) is 2. The quantitative estimate of drug-likeness (QED) is 0.897. The van der Waals surface area contributed by atoms with E-state index in [9.17, 15) is 4.79 Å². The monoisotopic (exact) mass is 339 g/mol. The summed E-state index contributed by atoms with van der Waals surface area (Å²) >= 11 is 11.8. The molecule has 22 heavy (non-hydrogen) atoms. The first-order valence-corrected chi connectivity index (χ1v) is 7.24. The molecule has 116 valence electrons. The molecule has 0 atom stereocenters. The van der Waals surface area contributed by atoms with Crippen molar-refractivity contribution in [3.05, 3.63) is 57.6 Å². The van der Waals surface area contributed by atoms with Gasteiger partial charge in [-0.1, -0.05) is 29.3 Å². The van der Waals surface area contributed by atoms with Crippen LogP contribution in [0.25, 0.3) is 0 Å². The Morgan fingerprint density at radius 3 is 2.18 bits per heavy atom. The molecule has 0 heterocycles. The first-order valence-electron chi connectivity index (χ1n) is 6.48.